The van der Waals surface area contributed by atoms with E-state index in [9.17, 15) is 13.2 Å². The zero-order chi connectivity index (χ0) is 21.3. The van der Waals surface area contributed by atoms with Crippen LogP contribution in [-0.4, -0.2) is 54.0 Å². The summed E-state index contributed by atoms with van der Waals surface area (Å²) in [5.74, 6) is 1.53. The maximum absolute atomic E-state index is 12.8. The van der Waals surface area contributed by atoms with Gasteiger partial charge in [-0.1, -0.05) is 18.6 Å². The maximum Gasteiger partial charge on any atom is 0.255 e. The van der Waals surface area contributed by atoms with Crippen LogP contribution in [0.1, 0.15) is 47.9 Å². The quantitative estimate of drug-likeness (QED) is 0.774. The number of sulfonamides is 1. The number of hydrogen-bond acceptors (Lipinski definition) is 6. The predicted molar refractivity (Wildman–Crippen MR) is 114 cm³/mol. The first-order chi connectivity index (χ1) is 14.3. The molecule has 4 rings (SSSR count). The van der Waals surface area contributed by atoms with Crippen LogP contribution in [0.3, 0.4) is 0 Å². The molecule has 2 aliphatic heterocycles. The summed E-state index contributed by atoms with van der Waals surface area (Å²) < 4.78 is 30.3. The number of fused-ring (bicyclic) bond motifs is 1. The lowest BCUT2D eigenvalue weighted by molar-refractivity contribution is 0.133. The Balaban J connectivity index is 1.58. The summed E-state index contributed by atoms with van der Waals surface area (Å²) in [6.07, 6.45) is 4.78. The molecule has 0 amide bonds. The van der Waals surface area contributed by atoms with Crippen LogP contribution in [0.4, 0.5) is 0 Å². The smallest absolute Gasteiger partial charge is 0.255 e. The van der Waals surface area contributed by atoms with Crippen LogP contribution < -0.4 is 10.3 Å². The number of nitrogens with zero attached hydrogens (tertiary/aromatic N) is 3. The minimum absolute atomic E-state index is 0.0480. The van der Waals surface area contributed by atoms with Gasteiger partial charge in [-0.15, -0.1) is 0 Å². The molecule has 8 nitrogen and oxygen atoms in total. The van der Waals surface area contributed by atoms with E-state index >= 15 is 0 Å². The molecular weight excluding hydrogens is 404 g/mol. The normalized spacial score (nSPS) is 20.7. The Morgan fingerprint density at radius 2 is 1.97 bits per heavy atom. The number of nitrogens with one attached hydrogen (secondary N) is 1. The Labute approximate surface area is 176 Å². The number of likely N-dealkylation sites (tertiary alicyclic amines) is 1. The number of hydrogen-bond donors (Lipinski definition) is 1. The van der Waals surface area contributed by atoms with E-state index in [1.54, 1.807) is 7.11 Å². The van der Waals surface area contributed by atoms with E-state index in [1.807, 2.05) is 12.1 Å². The van der Waals surface area contributed by atoms with Gasteiger partial charge in [0.25, 0.3) is 5.56 Å². The highest BCUT2D eigenvalue weighted by atomic mass is 32.2. The lowest BCUT2D eigenvalue weighted by atomic mass is 9.99. The molecule has 0 radical (unpaired) electrons. The van der Waals surface area contributed by atoms with Gasteiger partial charge in [-0.3, -0.25) is 9.69 Å². The van der Waals surface area contributed by atoms with Crippen molar-refractivity contribution in [2.45, 2.75) is 44.8 Å². The SMILES string of the molecule is COc1ccc(CN2CCCCC2c2nc3c(c(=O)[nH]2)CN(S(C)(=O)=O)CC3)cc1. The lowest BCUT2D eigenvalue weighted by Gasteiger charge is -2.35. The molecule has 1 saturated heterocycles. The van der Waals surface area contributed by atoms with Gasteiger partial charge >= 0.3 is 0 Å². The van der Waals surface area contributed by atoms with Gasteiger partial charge < -0.3 is 9.72 Å². The molecule has 1 unspecified atom stereocenters. The number of methoxy groups -OCH3 is 1. The van der Waals surface area contributed by atoms with E-state index in [4.69, 9.17) is 9.72 Å². The molecule has 1 aromatic carbocycles. The Morgan fingerprint density at radius 1 is 1.20 bits per heavy atom. The van der Waals surface area contributed by atoms with Gasteiger partial charge in [0.15, 0.2) is 0 Å². The molecule has 0 saturated carbocycles. The molecule has 1 aromatic heterocycles. The van der Waals surface area contributed by atoms with Crippen LogP contribution in [0.15, 0.2) is 29.1 Å². The summed E-state index contributed by atoms with van der Waals surface area (Å²) in [5, 5.41) is 0. The molecule has 30 heavy (non-hydrogen) atoms. The first kappa shape index (κ1) is 21.0. The van der Waals surface area contributed by atoms with Crippen molar-refractivity contribution in [3.05, 3.63) is 57.3 Å². The average molecular weight is 433 g/mol. The fraction of sp³-hybridized carbons (Fsp3) is 0.524. The third-order valence-corrected chi connectivity index (χ3v) is 7.24. The molecule has 1 fully saturated rings. The summed E-state index contributed by atoms with van der Waals surface area (Å²) in [6.45, 7) is 2.18. The van der Waals surface area contributed by atoms with Gasteiger partial charge in [0, 0.05) is 26.1 Å². The number of aromatic nitrogens is 2. The number of rotatable bonds is 5. The largest absolute Gasteiger partial charge is 0.497 e. The van der Waals surface area contributed by atoms with E-state index in [1.165, 1.54) is 16.1 Å². The van der Waals surface area contributed by atoms with Gasteiger partial charge in [0.1, 0.15) is 11.6 Å². The minimum atomic E-state index is -3.33. The predicted octanol–water partition coefficient (Wildman–Crippen LogP) is 1.82. The van der Waals surface area contributed by atoms with E-state index < -0.39 is 10.0 Å². The van der Waals surface area contributed by atoms with Crippen LogP contribution in [0.25, 0.3) is 0 Å². The summed E-state index contributed by atoms with van der Waals surface area (Å²) in [4.78, 5) is 22.9. The molecule has 1 N–H and O–H groups in total. The Morgan fingerprint density at radius 3 is 2.67 bits per heavy atom. The molecule has 0 bridgehead atoms. The van der Waals surface area contributed by atoms with Crippen LogP contribution in [0, 0.1) is 0 Å². The van der Waals surface area contributed by atoms with Gasteiger partial charge in [-0.2, -0.15) is 4.31 Å². The molecule has 0 spiro atoms. The molecule has 2 aliphatic rings. The van der Waals surface area contributed by atoms with Gasteiger partial charge in [0.05, 0.1) is 30.7 Å². The second kappa shape index (κ2) is 8.49. The second-order valence-electron chi connectivity index (χ2n) is 8.05. The van der Waals surface area contributed by atoms with Crippen LogP contribution in [0.5, 0.6) is 5.75 Å². The molecule has 0 aliphatic carbocycles. The lowest BCUT2D eigenvalue weighted by Crippen LogP contribution is -2.40. The molecular formula is C21H28N4O4S. The minimum Gasteiger partial charge on any atom is -0.497 e. The van der Waals surface area contributed by atoms with Gasteiger partial charge in [0.2, 0.25) is 10.0 Å². The van der Waals surface area contributed by atoms with Gasteiger partial charge in [-0.25, -0.2) is 13.4 Å². The highest BCUT2D eigenvalue weighted by Crippen LogP contribution is 2.31. The Hall–Kier alpha value is -2.23. The van der Waals surface area contributed by atoms with Crippen molar-refractivity contribution in [2.24, 2.45) is 0 Å². The fourth-order valence-electron chi connectivity index (χ4n) is 4.32. The Bertz CT molecular complexity index is 1070. The second-order valence-corrected chi connectivity index (χ2v) is 10.0. The van der Waals surface area contributed by atoms with E-state index in [-0.39, 0.29) is 18.1 Å². The highest BCUT2D eigenvalue weighted by molar-refractivity contribution is 7.88. The van der Waals surface area contributed by atoms with Crippen molar-refractivity contribution in [1.82, 2.24) is 19.2 Å². The van der Waals surface area contributed by atoms with Crippen LogP contribution >= 0.6 is 0 Å². The van der Waals surface area contributed by atoms with E-state index in [0.717, 1.165) is 43.8 Å². The van der Waals surface area contributed by atoms with Crippen molar-refractivity contribution < 1.29 is 13.2 Å². The highest BCUT2D eigenvalue weighted by Gasteiger charge is 2.30. The van der Waals surface area contributed by atoms with Crippen molar-refractivity contribution in [1.29, 1.82) is 0 Å². The third-order valence-electron chi connectivity index (χ3n) is 5.99. The van der Waals surface area contributed by atoms with Crippen LogP contribution in [0.2, 0.25) is 0 Å². The molecule has 3 heterocycles. The number of aromatic amines is 1. The van der Waals surface area contributed by atoms with Crippen LogP contribution in [-0.2, 0) is 29.5 Å². The molecule has 1 atom stereocenters. The number of H-pyrrole nitrogens is 1. The monoisotopic (exact) mass is 432 g/mol. The average Bonchev–Trinajstić information content (AvgIpc) is 2.74. The standard InChI is InChI=1S/C21H28N4O4S/c1-29-16-8-6-15(7-9-16)13-24-11-4-3-5-19(24)20-22-18-10-12-25(30(2,27)28)14-17(18)21(26)23-20/h6-9,19H,3-5,10-14H2,1-2H3,(H,22,23,26). The van der Waals surface area contributed by atoms with Crippen molar-refractivity contribution in [3.8, 4) is 5.75 Å². The first-order valence-corrected chi connectivity index (χ1v) is 12.1. The van der Waals surface area contributed by atoms with Crippen molar-refractivity contribution in [3.63, 3.8) is 0 Å². The third kappa shape index (κ3) is 4.43. The van der Waals surface area contributed by atoms with Crippen molar-refractivity contribution in [2.75, 3.05) is 26.5 Å². The number of piperidine rings is 1. The fourth-order valence-corrected chi connectivity index (χ4v) is 5.10. The molecule has 2 aromatic rings. The molecule has 162 valence electrons. The van der Waals surface area contributed by atoms with Crippen molar-refractivity contribution >= 4 is 10.0 Å². The summed E-state index contributed by atoms with van der Waals surface area (Å²) >= 11 is 0. The summed E-state index contributed by atoms with van der Waals surface area (Å²) in [7, 11) is -1.67. The van der Waals surface area contributed by atoms with E-state index in [2.05, 4.69) is 22.0 Å². The zero-order valence-corrected chi connectivity index (χ0v) is 18.2. The topological polar surface area (TPSA) is 95.6 Å². The first-order valence-electron chi connectivity index (χ1n) is 10.3. The van der Waals surface area contributed by atoms with Gasteiger partial charge in [-0.05, 0) is 37.1 Å². The Kier molecular flexibility index (Phi) is 5.95. The maximum atomic E-state index is 12.8. The zero-order valence-electron chi connectivity index (χ0n) is 17.4. The summed E-state index contributed by atoms with van der Waals surface area (Å²) in [5.41, 5.74) is 2.15. The van der Waals surface area contributed by atoms with E-state index in [0.29, 0.717) is 24.4 Å². The molecule has 9 heteroatoms. The summed E-state index contributed by atoms with van der Waals surface area (Å²) in [6, 6.07) is 8.09. The number of ether oxygens (including phenoxy) is 1. The number of benzene rings is 1.